The molecule has 33 heavy (non-hydrogen) atoms. The number of carbonyl (C=O) groups is 2. The first-order valence-electron chi connectivity index (χ1n) is 12.0. The van der Waals surface area contributed by atoms with Crippen LogP contribution in [0.15, 0.2) is 53.5 Å². The van der Waals surface area contributed by atoms with Gasteiger partial charge < -0.3 is 9.84 Å². The van der Waals surface area contributed by atoms with Gasteiger partial charge >= 0.3 is 5.97 Å². The number of rotatable bonds is 9. The van der Waals surface area contributed by atoms with E-state index >= 15 is 0 Å². The molecule has 2 aromatic rings. The van der Waals surface area contributed by atoms with Crippen LogP contribution in [0.3, 0.4) is 0 Å². The Kier molecular flexibility index (Phi) is 7.11. The van der Waals surface area contributed by atoms with Crippen molar-refractivity contribution in [1.29, 1.82) is 0 Å². The largest absolute Gasteiger partial charge is 0.482 e. The van der Waals surface area contributed by atoms with E-state index in [-0.39, 0.29) is 12.5 Å². The van der Waals surface area contributed by atoms with E-state index in [4.69, 9.17) is 14.8 Å². The van der Waals surface area contributed by atoms with Gasteiger partial charge in [0.05, 0.1) is 6.54 Å². The molecule has 2 aliphatic rings. The Morgan fingerprint density at radius 2 is 1.85 bits per heavy atom. The standard InChI is InChI=1S/C27H32N2O4/c1-2-3-10-24-28-27(15-5-4-6-16-27)26(32)29(24)18-20-11-13-21(14-12-20)22-8-7-9-23(17-22)33-19-25(30)31/h7-9,11-14,17H,2-6,10,15-16,18-19H2,1H3,(H,30,31). The van der Waals surface area contributed by atoms with Crippen molar-refractivity contribution in [3.8, 4) is 16.9 Å². The highest BCUT2D eigenvalue weighted by atomic mass is 16.5. The van der Waals surface area contributed by atoms with Crippen molar-refractivity contribution in [3.63, 3.8) is 0 Å². The molecule has 2 aromatic carbocycles. The van der Waals surface area contributed by atoms with Crippen LogP contribution in [0.5, 0.6) is 5.75 Å². The molecule has 0 atom stereocenters. The lowest BCUT2D eigenvalue weighted by atomic mass is 9.82. The first-order chi connectivity index (χ1) is 16.0. The lowest BCUT2D eigenvalue weighted by Gasteiger charge is -2.29. The molecule has 0 unspecified atom stereocenters. The Hall–Kier alpha value is -3.15. The van der Waals surface area contributed by atoms with Gasteiger partial charge in [0, 0.05) is 6.42 Å². The monoisotopic (exact) mass is 448 g/mol. The zero-order valence-electron chi connectivity index (χ0n) is 19.3. The van der Waals surface area contributed by atoms with Gasteiger partial charge in [0.25, 0.3) is 5.91 Å². The molecule has 1 heterocycles. The van der Waals surface area contributed by atoms with Crippen LogP contribution in [0.2, 0.25) is 0 Å². The predicted octanol–water partition coefficient (Wildman–Crippen LogP) is 5.45. The van der Waals surface area contributed by atoms with E-state index in [0.717, 1.165) is 67.5 Å². The maximum atomic E-state index is 13.5. The van der Waals surface area contributed by atoms with Gasteiger partial charge in [0.2, 0.25) is 0 Å². The molecule has 0 radical (unpaired) electrons. The maximum Gasteiger partial charge on any atom is 0.341 e. The Morgan fingerprint density at radius 3 is 2.55 bits per heavy atom. The highest BCUT2D eigenvalue weighted by molar-refractivity contribution is 6.08. The van der Waals surface area contributed by atoms with E-state index in [2.05, 4.69) is 19.1 Å². The highest BCUT2D eigenvalue weighted by Crippen LogP contribution is 2.38. The summed E-state index contributed by atoms with van der Waals surface area (Å²) < 4.78 is 5.30. The molecular weight excluding hydrogens is 416 g/mol. The first-order valence-corrected chi connectivity index (χ1v) is 12.0. The number of aliphatic carboxylic acids is 1. The van der Waals surface area contributed by atoms with Crippen LogP contribution in [0.1, 0.15) is 63.9 Å². The number of hydrogen-bond donors (Lipinski definition) is 1. The SMILES string of the molecule is CCCCC1=NC2(CCCCC2)C(=O)N1Cc1ccc(-c2cccc(OCC(=O)O)c2)cc1. The van der Waals surface area contributed by atoms with Crippen LogP contribution in [0.25, 0.3) is 11.1 Å². The minimum atomic E-state index is -1.00. The number of amidine groups is 1. The second kappa shape index (κ2) is 10.2. The van der Waals surface area contributed by atoms with Crippen LogP contribution < -0.4 is 4.74 Å². The van der Waals surface area contributed by atoms with Crippen molar-refractivity contribution in [2.45, 2.75) is 70.4 Å². The molecule has 6 nitrogen and oxygen atoms in total. The average molecular weight is 449 g/mol. The Morgan fingerprint density at radius 1 is 1.09 bits per heavy atom. The zero-order valence-corrected chi connectivity index (χ0v) is 19.3. The summed E-state index contributed by atoms with van der Waals surface area (Å²) >= 11 is 0. The minimum absolute atomic E-state index is 0.181. The van der Waals surface area contributed by atoms with Gasteiger partial charge in [0.1, 0.15) is 17.1 Å². The normalized spacial score (nSPS) is 17.3. The van der Waals surface area contributed by atoms with Crippen molar-refractivity contribution in [2.24, 2.45) is 4.99 Å². The summed E-state index contributed by atoms with van der Waals surface area (Å²) in [5.74, 6) is 0.658. The molecule has 0 bridgehead atoms. The van der Waals surface area contributed by atoms with Crippen molar-refractivity contribution in [3.05, 3.63) is 54.1 Å². The number of benzene rings is 2. The molecule has 1 spiro atoms. The number of carbonyl (C=O) groups excluding carboxylic acids is 1. The zero-order chi connectivity index (χ0) is 23.3. The van der Waals surface area contributed by atoms with Crippen molar-refractivity contribution in [2.75, 3.05) is 6.61 Å². The number of unbranched alkanes of at least 4 members (excludes halogenated alkanes) is 1. The minimum Gasteiger partial charge on any atom is -0.482 e. The molecule has 1 fully saturated rings. The van der Waals surface area contributed by atoms with Gasteiger partial charge in [-0.1, -0.05) is 69.0 Å². The second-order valence-corrected chi connectivity index (χ2v) is 9.02. The van der Waals surface area contributed by atoms with Gasteiger partial charge in [-0.3, -0.25) is 14.7 Å². The number of aliphatic imine (C=N–C) groups is 1. The fourth-order valence-electron chi connectivity index (χ4n) is 4.77. The lowest BCUT2D eigenvalue weighted by Crippen LogP contribution is -2.43. The molecule has 174 valence electrons. The number of hydrogen-bond acceptors (Lipinski definition) is 4. The molecule has 1 aliphatic heterocycles. The van der Waals surface area contributed by atoms with E-state index < -0.39 is 11.5 Å². The molecule has 0 aromatic heterocycles. The van der Waals surface area contributed by atoms with Crippen LogP contribution in [-0.2, 0) is 16.1 Å². The highest BCUT2D eigenvalue weighted by Gasteiger charge is 2.47. The molecule has 0 saturated heterocycles. The summed E-state index contributed by atoms with van der Waals surface area (Å²) in [6, 6.07) is 15.6. The van der Waals surface area contributed by atoms with E-state index in [9.17, 15) is 9.59 Å². The average Bonchev–Trinajstić information content (AvgIpc) is 3.08. The third kappa shape index (κ3) is 5.27. The van der Waals surface area contributed by atoms with Crippen molar-refractivity contribution < 1.29 is 19.4 Å². The predicted molar refractivity (Wildman–Crippen MR) is 128 cm³/mol. The Bertz CT molecular complexity index is 1020. The summed E-state index contributed by atoms with van der Waals surface area (Å²) in [6.07, 6.45) is 8.07. The van der Waals surface area contributed by atoms with Crippen LogP contribution in [0.4, 0.5) is 0 Å². The third-order valence-corrected chi connectivity index (χ3v) is 6.56. The summed E-state index contributed by atoms with van der Waals surface area (Å²) in [7, 11) is 0. The van der Waals surface area contributed by atoms with Crippen LogP contribution >= 0.6 is 0 Å². The van der Waals surface area contributed by atoms with Gasteiger partial charge in [-0.05, 0) is 48.1 Å². The van der Waals surface area contributed by atoms with E-state index in [1.54, 1.807) is 6.07 Å². The third-order valence-electron chi connectivity index (χ3n) is 6.56. The summed E-state index contributed by atoms with van der Waals surface area (Å²) in [4.78, 5) is 31.1. The fraction of sp³-hybridized carbons (Fsp3) is 0.444. The smallest absolute Gasteiger partial charge is 0.341 e. The van der Waals surface area contributed by atoms with E-state index in [1.165, 1.54) is 6.42 Å². The van der Waals surface area contributed by atoms with E-state index in [0.29, 0.717) is 12.3 Å². The summed E-state index contributed by atoms with van der Waals surface area (Å²) in [5, 5.41) is 8.81. The van der Waals surface area contributed by atoms with Crippen LogP contribution in [-0.4, -0.2) is 39.9 Å². The number of ether oxygens (including phenoxy) is 1. The quantitative estimate of drug-likeness (QED) is 0.553. The molecule has 1 saturated carbocycles. The number of carboxylic acids is 1. The number of nitrogens with zero attached hydrogens (tertiary/aromatic N) is 2. The number of amides is 1. The molecule has 4 rings (SSSR count). The maximum absolute atomic E-state index is 13.5. The first kappa shape index (κ1) is 23.0. The van der Waals surface area contributed by atoms with Gasteiger partial charge in [-0.15, -0.1) is 0 Å². The van der Waals surface area contributed by atoms with Crippen LogP contribution in [0, 0.1) is 0 Å². The molecule has 6 heteroatoms. The van der Waals surface area contributed by atoms with Crippen molar-refractivity contribution >= 4 is 17.7 Å². The Balaban J connectivity index is 1.49. The van der Waals surface area contributed by atoms with Crippen molar-refractivity contribution in [1.82, 2.24) is 4.90 Å². The fourth-order valence-corrected chi connectivity index (χ4v) is 4.77. The van der Waals surface area contributed by atoms with Gasteiger partial charge in [-0.2, -0.15) is 0 Å². The summed E-state index contributed by atoms with van der Waals surface area (Å²) in [6.45, 7) is 2.35. The van der Waals surface area contributed by atoms with Gasteiger partial charge in [0.15, 0.2) is 6.61 Å². The number of carboxylic acid groups (broad SMARTS) is 1. The Labute approximate surface area is 195 Å². The molecule has 1 amide bonds. The van der Waals surface area contributed by atoms with E-state index in [1.807, 2.05) is 35.2 Å². The summed E-state index contributed by atoms with van der Waals surface area (Å²) in [5.41, 5.74) is 2.52. The molecular formula is C27H32N2O4. The molecule has 1 aliphatic carbocycles. The lowest BCUT2D eigenvalue weighted by molar-refractivity contribution is -0.139. The molecule has 1 N–H and O–H groups in total. The second-order valence-electron chi connectivity index (χ2n) is 9.02. The topological polar surface area (TPSA) is 79.2 Å². The van der Waals surface area contributed by atoms with Gasteiger partial charge in [-0.25, -0.2) is 4.79 Å².